The molecule has 1 aromatic carbocycles. The van der Waals surface area contributed by atoms with Gasteiger partial charge in [0.05, 0.1) is 5.75 Å². The lowest BCUT2D eigenvalue weighted by atomic mass is 9.91. The van der Waals surface area contributed by atoms with Gasteiger partial charge in [-0.25, -0.2) is 4.39 Å². The fraction of sp³-hybridized carbons (Fsp3) is 0.562. The van der Waals surface area contributed by atoms with E-state index in [2.05, 4.69) is 0 Å². The van der Waals surface area contributed by atoms with Crippen LogP contribution >= 0.6 is 11.8 Å². The topological polar surface area (TPSA) is 20.3 Å². The van der Waals surface area contributed by atoms with Crippen LogP contribution in [0.1, 0.15) is 24.8 Å². The molecule has 2 nitrogen and oxygen atoms in total. The molecule has 1 heterocycles. The number of rotatable bonds is 5. The van der Waals surface area contributed by atoms with E-state index in [1.807, 2.05) is 17.2 Å². The molecule has 1 amide bonds. The van der Waals surface area contributed by atoms with Crippen LogP contribution in [0.5, 0.6) is 0 Å². The second-order valence-corrected chi connectivity index (χ2v) is 6.32. The molecule has 2 rings (SSSR count). The van der Waals surface area contributed by atoms with Crippen LogP contribution in [-0.4, -0.2) is 35.9 Å². The van der Waals surface area contributed by atoms with E-state index in [9.17, 15) is 9.18 Å². The molecule has 1 aromatic rings. The zero-order valence-corrected chi connectivity index (χ0v) is 12.8. The van der Waals surface area contributed by atoms with Gasteiger partial charge in [0.25, 0.3) is 0 Å². The van der Waals surface area contributed by atoms with Crippen molar-refractivity contribution < 1.29 is 9.18 Å². The first-order chi connectivity index (χ1) is 9.69. The lowest BCUT2D eigenvalue weighted by Crippen LogP contribution is -2.40. The summed E-state index contributed by atoms with van der Waals surface area (Å²) in [5, 5.41) is 0. The maximum absolute atomic E-state index is 13.1. The fourth-order valence-corrected chi connectivity index (χ4v) is 3.23. The van der Waals surface area contributed by atoms with Crippen molar-refractivity contribution >= 4 is 17.7 Å². The number of aryl methyl sites for hydroxylation is 1. The van der Waals surface area contributed by atoms with Crippen LogP contribution in [0.2, 0.25) is 0 Å². The third kappa shape index (κ3) is 4.51. The largest absolute Gasteiger partial charge is 0.342 e. The quantitative estimate of drug-likeness (QED) is 0.830. The van der Waals surface area contributed by atoms with Gasteiger partial charge in [-0.1, -0.05) is 12.1 Å². The Kier molecular flexibility index (Phi) is 5.89. The highest BCUT2D eigenvalue weighted by Gasteiger charge is 2.22. The molecule has 1 fully saturated rings. The zero-order valence-electron chi connectivity index (χ0n) is 12.0. The van der Waals surface area contributed by atoms with Gasteiger partial charge in [-0.3, -0.25) is 4.79 Å². The van der Waals surface area contributed by atoms with Gasteiger partial charge < -0.3 is 4.90 Å². The Morgan fingerprint density at radius 1 is 1.50 bits per heavy atom. The van der Waals surface area contributed by atoms with Crippen LogP contribution in [0, 0.1) is 11.7 Å². The van der Waals surface area contributed by atoms with Gasteiger partial charge in [0.2, 0.25) is 5.91 Å². The molecule has 110 valence electrons. The predicted molar refractivity (Wildman–Crippen MR) is 82.4 cm³/mol. The third-order valence-corrected chi connectivity index (χ3v) is 4.41. The molecule has 0 bridgehead atoms. The Hall–Kier alpha value is -1.03. The summed E-state index contributed by atoms with van der Waals surface area (Å²) in [7, 11) is 0. The highest BCUT2D eigenvalue weighted by Crippen LogP contribution is 2.22. The normalized spacial score (nSPS) is 19.1. The number of nitrogens with zero attached hydrogens (tertiary/aromatic N) is 1. The molecule has 0 N–H and O–H groups in total. The van der Waals surface area contributed by atoms with Crippen LogP contribution in [0.4, 0.5) is 4.39 Å². The van der Waals surface area contributed by atoms with Crippen molar-refractivity contribution in [3.8, 4) is 0 Å². The van der Waals surface area contributed by atoms with E-state index >= 15 is 0 Å². The molecule has 1 atom stereocenters. The number of piperidine rings is 1. The zero-order chi connectivity index (χ0) is 14.4. The molecule has 0 aromatic heterocycles. The molecular weight excluding hydrogens is 273 g/mol. The minimum absolute atomic E-state index is 0.164. The summed E-state index contributed by atoms with van der Waals surface area (Å²) in [5.41, 5.74) is 1.05. The van der Waals surface area contributed by atoms with Gasteiger partial charge in [-0.05, 0) is 55.6 Å². The van der Waals surface area contributed by atoms with Crippen molar-refractivity contribution in [2.75, 3.05) is 25.1 Å². The molecule has 1 saturated heterocycles. The van der Waals surface area contributed by atoms with Crippen molar-refractivity contribution in [1.82, 2.24) is 4.90 Å². The lowest BCUT2D eigenvalue weighted by molar-refractivity contribution is -0.130. The van der Waals surface area contributed by atoms with Crippen molar-refractivity contribution in [1.29, 1.82) is 0 Å². The number of thioether (sulfide) groups is 1. The summed E-state index contributed by atoms with van der Waals surface area (Å²) in [5.74, 6) is 1.23. The smallest absolute Gasteiger partial charge is 0.232 e. The van der Waals surface area contributed by atoms with Gasteiger partial charge in [-0.15, -0.1) is 0 Å². The first-order valence-corrected chi connectivity index (χ1v) is 8.59. The Morgan fingerprint density at radius 2 is 2.35 bits per heavy atom. The van der Waals surface area contributed by atoms with Crippen molar-refractivity contribution in [2.24, 2.45) is 5.92 Å². The minimum Gasteiger partial charge on any atom is -0.342 e. The Labute approximate surface area is 124 Å². The summed E-state index contributed by atoms with van der Waals surface area (Å²) < 4.78 is 13.1. The lowest BCUT2D eigenvalue weighted by Gasteiger charge is -2.32. The summed E-state index contributed by atoms with van der Waals surface area (Å²) in [6.45, 7) is 1.77. The Morgan fingerprint density at radius 3 is 3.10 bits per heavy atom. The third-order valence-electron chi connectivity index (χ3n) is 3.87. The van der Waals surface area contributed by atoms with Gasteiger partial charge in [0.15, 0.2) is 0 Å². The highest BCUT2D eigenvalue weighted by atomic mass is 32.2. The van der Waals surface area contributed by atoms with Gasteiger partial charge in [0, 0.05) is 13.1 Å². The van der Waals surface area contributed by atoms with Gasteiger partial charge in [0.1, 0.15) is 5.82 Å². The van der Waals surface area contributed by atoms with Crippen LogP contribution in [0.15, 0.2) is 24.3 Å². The summed E-state index contributed by atoms with van der Waals surface area (Å²) >= 11 is 1.58. The molecule has 1 aliphatic rings. The summed E-state index contributed by atoms with van der Waals surface area (Å²) in [6.07, 6.45) is 6.16. The first kappa shape index (κ1) is 15.4. The predicted octanol–water partition coefficient (Wildman–Crippen LogP) is 3.36. The number of hydrogen-bond donors (Lipinski definition) is 0. The first-order valence-electron chi connectivity index (χ1n) is 7.20. The van der Waals surface area contributed by atoms with E-state index in [4.69, 9.17) is 0 Å². The van der Waals surface area contributed by atoms with Crippen LogP contribution < -0.4 is 0 Å². The van der Waals surface area contributed by atoms with Crippen LogP contribution in [0.3, 0.4) is 0 Å². The molecule has 0 aliphatic carbocycles. The summed E-state index contributed by atoms with van der Waals surface area (Å²) in [4.78, 5) is 13.9. The van der Waals surface area contributed by atoms with Gasteiger partial charge >= 0.3 is 0 Å². The second-order valence-electron chi connectivity index (χ2n) is 5.45. The van der Waals surface area contributed by atoms with E-state index in [-0.39, 0.29) is 11.7 Å². The standard InChI is InChI=1S/C16H22FNOS/c1-20-12-16(19)18-9-3-5-14(11-18)8-7-13-4-2-6-15(17)10-13/h2,4,6,10,14H,3,5,7-9,11-12H2,1H3/t14-/m0/s1. The monoisotopic (exact) mass is 295 g/mol. The van der Waals surface area contributed by atoms with E-state index in [0.29, 0.717) is 11.7 Å². The molecule has 0 spiro atoms. The average molecular weight is 295 g/mol. The number of amides is 1. The van der Waals surface area contributed by atoms with Crippen LogP contribution in [-0.2, 0) is 11.2 Å². The van der Waals surface area contributed by atoms with E-state index in [0.717, 1.165) is 37.9 Å². The number of likely N-dealkylation sites (tertiary alicyclic amines) is 1. The Bertz CT molecular complexity index is 452. The average Bonchev–Trinajstić information content (AvgIpc) is 2.46. The van der Waals surface area contributed by atoms with Crippen molar-refractivity contribution in [3.05, 3.63) is 35.6 Å². The second kappa shape index (κ2) is 7.67. The van der Waals surface area contributed by atoms with E-state index in [1.165, 1.54) is 12.5 Å². The van der Waals surface area contributed by atoms with Crippen LogP contribution in [0.25, 0.3) is 0 Å². The number of carbonyl (C=O) groups is 1. The molecule has 20 heavy (non-hydrogen) atoms. The molecule has 0 saturated carbocycles. The summed E-state index contributed by atoms with van der Waals surface area (Å²) in [6, 6.07) is 6.83. The molecular formula is C16H22FNOS. The SMILES string of the molecule is CSCC(=O)N1CCC[C@@H](CCc2cccc(F)c2)C1. The van der Waals surface area contributed by atoms with E-state index < -0.39 is 0 Å². The number of halogens is 1. The molecule has 0 radical (unpaired) electrons. The minimum atomic E-state index is -0.164. The Balaban J connectivity index is 1.82. The highest BCUT2D eigenvalue weighted by molar-refractivity contribution is 7.99. The maximum Gasteiger partial charge on any atom is 0.232 e. The van der Waals surface area contributed by atoms with Crippen molar-refractivity contribution in [2.45, 2.75) is 25.7 Å². The van der Waals surface area contributed by atoms with Gasteiger partial charge in [-0.2, -0.15) is 11.8 Å². The number of benzene rings is 1. The molecule has 4 heteroatoms. The molecule has 0 unspecified atom stereocenters. The number of carbonyl (C=O) groups excluding carboxylic acids is 1. The van der Waals surface area contributed by atoms with E-state index in [1.54, 1.807) is 23.9 Å². The van der Waals surface area contributed by atoms with Crippen molar-refractivity contribution in [3.63, 3.8) is 0 Å². The maximum atomic E-state index is 13.1. The fourth-order valence-electron chi connectivity index (χ4n) is 2.81. The number of hydrogen-bond acceptors (Lipinski definition) is 2. The molecule has 1 aliphatic heterocycles.